The van der Waals surface area contributed by atoms with Crippen LogP contribution >= 0.6 is 0 Å². The molecule has 4 atom stereocenters. The van der Waals surface area contributed by atoms with Crippen molar-refractivity contribution >= 4 is 0 Å². The summed E-state index contributed by atoms with van der Waals surface area (Å²) in [5.74, 6) is 1.79. The van der Waals surface area contributed by atoms with Gasteiger partial charge in [-0.3, -0.25) is 0 Å². The topological polar surface area (TPSA) is 32.3 Å². The van der Waals surface area contributed by atoms with Crippen LogP contribution in [0.15, 0.2) is 42.0 Å². The molecule has 2 heteroatoms. The lowest BCUT2D eigenvalue weighted by Gasteiger charge is -2.58. The monoisotopic (exact) mass is 283 g/mol. The fraction of sp³-hybridized carbons (Fsp3) is 0.579. The van der Waals surface area contributed by atoms with Crippen molar-refractivity contribution in [3.05, 3.63) is 47.5 Å². The molecule has 2 nitrogen and oxygen atoms in total. The summed E-state index contributed by atoms with van der Waals surface area (Å²) in [7, 11) is 0. The number of hydrogen-bond acceptors (Lipinski definition) is 2. The quantitative estimate of drug-likeness (QED) is 0.811. The minimum absolute atomic E-state index is 0.102. The van der Waals surface area contributed by atoms with Crippen molar-refractivity contribution in [3.8, 4) is 0 Å². The number of fused-ring (bicyclic) bond motifs is 1. The zero-order valence-electron chi connectivity index (χ0n) is 12.8. The first-order chi connectivity index (χ1) is 10.2. The van der Waals surface area contributed by atoms with Crippen LogP contribution in [0.1, 0.15) is 44.3 Å². The highest BCUT2D eigenvalue weighted by molar-refractivity contribution is 5.30. The summed E-state index contributed by atoms with van der Waals surface area (Å²) in [6, 6.07) is 10.1. The van der Waals surface area contributed by atoms with Gasteiger partial charge >= 0.3 is 0 Å². The average molecular weight is 283 g/mol. The maximum atomic E-state index is 10.5. The van der Waals surface area contributed by atoms with E-state index in [1.165, 1.54) is 25.7 Å². The van der Waals surface area contributed by atoms with Crippen molar-refractivity contribution in [1.29, 1.82) is 0 Å². The number of hydrogen-bond donors (Lipinski definition) is 2. The molecule has 5 aliphatic carbocycles. The SMILES string of the molecule is C[C@@H](NCC12CC=C3C(CC3C1)C2)[C@@H](O)c1ccccc1. The Morgan fingerprint density at radius 2 is 1.95 bits per heavy atom. The molecule has 2 N–H and O–H groups in total. The van der Waals surface area contributed by atoms with E-state index in [4.69, 9.17) is 0 Å². The molecule has 1 aromatic carbocycles. The van der Waals surface area contributed by atoms with E-state index in [2.05, 4.69) is 18.3 Å². The molecule has 0 aromatic heterocycles. The van der Waals surface area contributed by atoms with Crippen molar-refractivity contribution < 1.29 is 5.11 Å². The van der Waals surface area contributed by atoms with E-state index in [0.29, 0.717) is 5.41 Å². The minimum atomic E-state index is -0.421. The smallest absolute Gasteiger partial charge is 0.0940 e. The molecule has 0 amide bonds. The molecule has 6 rings (SSSR count). The van der Waals surface area contributed by atoms with Gasteiger partial charge in [-0.1, -0.05) is 42.0 Å². The van der Waals surface area contributed by atoms with Gasteiger partial charge in [-0.2, -0.15) is 0 Å². The van der Waals surface area contributed by atoms with Gasteiger partial charge in [-0.05, 0) is 55.4 Å². The summed E-state index contributed by atoms with van der Waals surface area (Å²) in [5, 5.41) is 14.1. The Morgan fingerprint density at radius 1 is 1.24 bits per heavy atom. The first kappa shape index (κ1) is 13.5. The zero-order chi connectivity index (χ0) is 14.4. The second-order valence-corrected chi connectivity index (χ2v) is 7.47. The van der Waals surface area contributed by atoms with Gasteiger partial charge in [0.05, 0.1) is 6.10 Å². The molecule has 112 valence electrons. The predicted octanol–water partition coefficient (Wildman–Crippen LogP) is 3.44. The van der Waals surface area contributed by atoms with Crippen LogP contribution in [0.2, 0.25) is 0 Å². The van der Waals surface area contributed by atoms with Gasteiger partial charge in [0.25, 0.3) is 0 Å². The molecule has 0 spiro atoms. The Morgan fingerprint density at radius 3 is 2.62 bits per heavy atom. The van der Waals surface area contributed by atoms with Crippen LogP contribution in [-0.2, 0) is 0 Å². The van der Waals surface area contributed by atoms with Crippen LogP contribution in [0.25, 0.3) is 0 Å². The Balaban J connectivity index is 1.38. The van der Waals surface area contributed by atoms with Crippen LogP contribution in [0, 0.1) is 17.3 Å². The van der Waals surface area contributed by atoms with E-state index < -0.39 is 6.10 Å². The molecule has 3 fully saturated rings. The van der Waals surface area contributed by atoms with Crippen molar-refractivity contribution in [2.75, 3.05) is 6.54 Å². The summed E-state index contributed by atoms with van der Waals surface area (Å²) in [5.41, 5.74) is 3.25. The fourth-order valence-electron chi connectivity index (χ4n) is 4.80. The standard InChI is InChI=1S/C19H25NO/c1-13(18(21)14-5-3-2-4-6-14)20-12-19-8-7-17-15(10-19)9-16(17)11-19/h2-7,13,15-16,18,20-21H,8-12H2,1H3/t13-,15?,16?,18-,19?/m1/s1. The number of aliphatic hydroxyl groups excluding tert-OH is 1. The highest BCUT2D eigenvalue weighted by atomic mass is 16.3. The van der Waals surface area contributed by atoms with E-state index in [9.17, 15) is 5.11 Å². The van der Waals surface area contributed by atoms with Crippen LogP contribution in [0.4, 0.5) is 0 Å². The first-order valence-electron chi connectivity index (χ1n) is 8.33. The average Bonchev–Trinajstić information content (AvgIpc) is 2.53. The summed E-state index contributed by atoms with van der Waals surface area (Å²) >= 11 is 0. The van der Waals surface area contributed by atoms with Gasteiger partial charge in [-0.25, -0.2) is 0 Å². The number of benzene rings is 1. The summed E-state index contributed by atoms with van der Waals surface area (Å²) in [6.07, 6.45) is 7.53. The predicted molar refractivity (Wildman–Crippen MR) is 84.8 cm³/mol. The van der Waals surface area contributed by atoms with E-state index in [-0.39, 0.29) is 6.04 Å². The highest BCUT2D eigenvalue weighted by Gasteiger charge is 2.52. The molecule has 2 unspecified atom stereocenters. The lowest BCUT2D eigenvalue weighted by atomic mass is 9.48. The van der Waals surface area contributed by atoms with Crippen LogP contribution < -0.4 is 5.32 Å². The lowest BCUT2D eigenvalue weighted by Crippen LogP contribution is -2.52. The highest BCUT2D eigenvalue weighted by Crippen LogP contribution is 2.62. The molecule has 1 aromatic rings. The summed E-state index contributed by atoms with van der Waals surface area (Å²) < 4.78 is 0. The Labute approximate surface area is 127 Å². The van der Waals surface area contributed by atoms with E-state index >= 15 is 0 Å². The van der Waals surface area contributed by atoms with Crippen LogP contribution in [-0.4, -0.2) is 17.7 Å². The Bertz CT molecular complexity index is 536. The van der Waals surface area contributed by atoms with E-state index in [1.807, 2.05) is 30.3 Å². The largest absolute Gasteiger partial charge is 0.387 e. The van der Waals surface area contributed by atoms with Gasteiger partial charge < -0.3 is 10.4 Å². The molecular formula is C19H25NO. The van der Waals surface area contributed by atoms with E-state index in [1.54, 1.807) is 5.57 Å². The molecule has 4 bridgehead atoms. The third kappa shape index (κ3) is 2.25. The van der Waals surface area contributed by atoms with Gasteiger partial charge in [-0.15, -0.1) is 0 Å². The zero-order valence-corrected chi connectivity index (χ0v) is 12.8. The Kier molecular flexibility index (Phi) is 3.20. The second kappa shape index (κ2) is 4.96. The molecular weight excluding hydrogens is 258 g/mol. The fourth-order valence-corrected chi connectivity index (χ4v) is 4.80. The van der Waals surface area contributed by atoms with Gasteiger partial charge in [0, 0.05) is 12.6 Å². The molecule has 0 aliphatic heterocycles. The molecule has 5 aliphatic rings. The second-order valence-electron chi connectivity index (χ2n) is 7.47. The number of allylic oxidation sites excluding steroid dienone is 2. The molecule has 0 saturated heterocycles. The van der Waals surface area contributed by atoms with Crippen molar-refractivity contribution in [1.82, 2.24) is 5.32 Å². The normalized spacial score (nSPS) is 35.8. The number of aliphatic hydroxyl groups is 1. The summed E-state index contributed by atoms with van der Waals surface area (Å²) in [4.78, 5) is 0. The Hall–Kier alpha value is -1.12. The van der Waals surface area contributed by atoms with Crippen molar-refractivity contribution in [2.24, 2.45) is 17.3 Å². The number of nitrogens with one attached hydrogen (secondary N) is 1. The maximum Gasteiger partial charge on any atom is 0.0940 e. The molecule has 0 heterocycles. The molecule has 0 radical (unpaired) electrons. The number of rotatable bonds is 5. The molecule has 3 saturated carbocycles. The first-order valence-corrected chi connectivity index (χ1v) is 8.33. The van der Waals surface area contributed by atoms with Crippen molar-refractivity contribution in [2.45, 2.75) is 44.8 Å². The third-order valence-electron chi connectivity index (χ3n) is 6.06. The van der Waals surface area contributed by atoms with Crippen LogP contribution in [0.5, 0.6) is 0 Å². The van der Waals surface area contributed by atoms with Crippen molar-refractivity contribution in [3.63, 3.8) is 0 Å². The lowest BCUT2D eigenvalue weighted by molar-refractivity contribution is 0.0302. The van der Waals surface area contributed by atoms with Gasteiger partial charge in [0.2, 0.25) is 0 Å². The third-order valence-corrected chi connectivity index (χ3v) is 6.06. The van der Waals surface area contributed by atoms with Gasteiger partial charge in [0.15, 0.2) is 0 Å². The maximum absolute atomic E-state index is 10.5. The van der Waals surface area contributed by atoms with E-state index in [0.717, 1.165) is 23.9 Å². The van der Waals surface area contributed by atoms with Gasteiger partial charge in [0.1, 0.15) is 0 Å². The van der Waals surface area contributed by atoms with Crippen LogP contribution in [0.3, 0.4) is 0 Å². The molecule has 21 heavy (non-hydrogen) atoms. The summed E-state index contributed by atoms with van der Waals surface area (Å²) in [6.45, 7) is 3.15. The minimum Gasteiger partial charge on any atom is -0.387 e.